The normalized spacial score (nSPS) is 30.3. The Morgan fingerprint density at radius 3 is 2.56 bits per heavy atom. The first-order valence-electron chi connectivity index (χ1n) is 8.00. The Bertz CT molecular complexity index is 207. The Morgan fingerprint density at radius 2 is 1.94 bits per heavy atom. The molecule has 1 aliphatic carbocycles. The molecule has 0 aliphatic heterocycles. The lowest BCUT2D eigenvalue weighted by atomic mass is 9.72. The lowest BCUT2D eigenvalue weighted by molar-refractivity contribution is 0.127. The predicted molar refractivity (Wildman–Crippen MR) is 78.9 cm³/mol. The summed E-state index contributed by atoms with van der Waals surface area (Å²) in [5.41, 5.74) is 0. The van der Waals surface area contributed by atoms with Gasteiger partial charge in [-0.05, 0) is 56.9 Å². The van der Waals surface area contributed by atoms with Crippen LogP contribution >= 0.6 is 0 Å². The summed E-state index contributed by atoms with van der Waals surface area (Å²) in [6.45, 7) is 12.0. The maximum absolute atomic E-state index is 5.46. The Balaban J connectivity index is 2.35. The Morgan fingerprint density at radius 1 is 1.17 bits per heavy atom. The molecule has 0 aromatic carbocycles. The van der Waals surface area contributed by atoms with Gasteiger partial charge in [-0.3, -0.25) is 0 Å². The van der Waals surface area contributed by atoms with Gasteiger partial charge in [0.15, 0.2) is 0 Å². The molecule has 0 amide bonds. The maximum Gasteiger partial charge on any atom is 0.0466 e. The van der Waals surface area contributed by atoms with E-state index in [4.69, 9.17) is 4.74 Å². The van der Waals surface area contributed by atoms with Crippen LogP contribution in [0.5, 0.6) is 0 Å². The van der Waals surface area contributed by atoms with Gasteiger partial charge in [-0.25, -0.2) is 0 Å². The fourth-order valence-corrected chi connectivity index (χ4v) is 3.27. The molecule has 0 saturated heterocycles. The average Bonchev–Trinajstić information content (AvgIpc) is 2.37. The van der Waals surface area contributed by atoms with Crippen LogP contribution in [-0.2, 0) is 4.74 Å². The van der Waals surface area contributed by atoms with Crippen molar-refractivity contribution in [3.05, 3.63) is 0 Å². The predicted octanol–water partition coefficient (Wildman–Crippen LogP) is 3.85. The number of hydrogen-bond acceptors (Lipinski definition) is 2. The first-order chi connectivity index (χ1) is 8.69. The zero-order valence-electron chi connectivity index (χ0n) is 12.9. The molecule has 1 fully saturated rings. The second kappa shape index (κ2) is 8.92. The summed E-state index contributed by atoms with van der Waals surface area (Å²) >= 11 is 0. The quantitative estimate of drug-likeness (QED) is 0.665. The summed E-state index contributed by atoms with van der Waals surface area (Å²) < 4.78 is 5.46. The first-order valence-corrected chi connectivity index (χ1v) is 8.00. The number of rotatable bonds is 8. The van der Waals surface area contributed by atoms with Gasteiger partial charge in [0.1, 0.15) is 0 Å². The summed E-state index contributed by atoms with van der Waals surface area (Å²) in [6.07, 6.45) is 6.72. The first kappa shape index (κ1) is 16.0. The van der Waals surface area contributed by atoms with Crippen LogP contribution in [0.25, 0.3) is 0 Å². The molecule has 1 rings (SSSR count). The van der Waals surface area contributed by atoms with Crippen molar-refractivity contribution in [2.45, 2.75) is 65.8 Å². The molecule has 2 nitrogen and oxygen atoms in total. The van der Waals surface area contributed by atoms with Crippen molar-refractivity contribution in [3.63, 3.8) is 0 Å². The van der Waals surface area contributed by atoms with Crippen LogP contribution in [0.1, 0.15) is 59.8 Å². The SMILES string of the molecule is CCNC(CCCOCC)C1CCC(C)C(C)C1. The Hall–Kier alpha value is -0.0800. The highest BCUT2D eigenvalue weighted by Crippen LogP contribution is 2.35. The van der Waals surface area contributed by atoms with E-state index >= 15 is 0 Å². The van der Waals surface area contributed by atoms with Crippen LogP contribution in [0, 0.1) is 17.8 Å². The molecule has 0 aromatic rings. The van der Waals surface area contributed by atoms with Crippen LogP contribution in [0.15, 0.2) is 0 Å². The van der Waals surface area contributed by atoms with Gasteiger partial charge in [0.25, 0.3) is 0 Å². The third-order valence-corrected chi connectivity index (χ3v) is 4.68. The summed E-state index contributed by atoms with van der Waals surface area (Å²) in [5.74, 6) is 2.71. The van der Waals surface area contributed by atoms with Crippen molar-refractivity contribution < 1.29 is 4.74 Å². The van der Waals surface area contributed by atoms with E-state index in [9.17, 15) is 0 Å². The standard InChI is InChI=1S/C16H33NO/c1-5-17-16(8-7-11-18-6-2)15-10-9-13(3)14(4)12-15/h13-17H,5-12H2,1-4H3. The van der Waals surface area contributed by atoms with Crippen molar-refractivity contribution in [2.24, 2.45) is 17.8 Å². The largest absolute Gasteiger partial charge is 0.382 e. The number of hydrogen-bond donors (Lipinski definition) is 1. The zero-order valence-corrected chi connectivity index (χ0v) is 12.9. The van der Waals surface area contributed by atoms with Gasteiger partial charge in [0.05, 0.1) is 0 Å². The molecule has 4 unspecified atom stereocenters. The van der Waals surface area contributed by atoms with Gasteiger partial charge in [0, 0.05) is 19.3 Å². The van der Waals surface area contributed by atoms with Gasteiger partial charge in [-0.2, -0.15) is 0 Å². The summed E-state index contributed by atoms with van der Waals surface area (Å²) in [4.78, 5) is 0. The van der Waals surface area contributed by atoms with Gasteiger partial charge >= 0.3 is 0 Å². The second-order valence-corrected chi connectivity index (χ2v) is 6.03. The van der Waals surface area contributed by atoms with Crippen molar-refractivity contribution in [1.82, 2.24) is 5.32 Å². The van der Waals surface area contributed by atoms with Crippen LogP contribution in [0.3, 0.4) is 0 Å². The summed E-state index contributed by atoms with van der Waals surface area (Å²) in [7, 11) is 0. The molecule has 18 heavy (non-hydrogen) atoms. The lowest BCUT2D eigenvalue weighted by Crippen LogP contribution is -2.39. The van der Waals surface area contributed by atoms with E-state index in [2.05, 4.69) is 33.0 Å². The molecule has 1 saturated carbocycles. The lowest BCUT2D eigenvalue weighted by Gasteiger charge is -2.37. The minimum atomic E-state index is 0.713. The van der Waals surface area contributed by atoms with E-state index in [1.807, 2.05) is 0 Å². The Labute approximate surface area is 114 Å². The molecule has 0 heterocycles. The van der Waals surface area contributed by atoms with Gasteiger partial charge in [-0.15, -0.1) is 0 Å². The summed E-state index contributed by atoms with van der Waals surface area (Å²) in [5, 5.41) is 3.71. The minimum Gasteiger partial charge on any atom is -0.382 e. The maximum atomic E-state index is 5.46. The van der Waals surface area contributed by atoms with E-state index < -0.39 is 0 Å². The molecule has 0 radical (unpaired) electrons. The fourth-order valence-electron chi connectivity index (χ4n) is 3.27. The number of nitrogens with one attached hydrogen (secondary N) is 1. The van der Waals surface area contributed by atoms with E-state index in [1.165, 1.54) is 32.1 Å². The third-order valence-electron chi connectivity index (χ3n) is 4.68. The van der Waals surface area contributed by atoms with Gasteiger partial charge < -0.3 is 10.1 Å². The highest BCUT2D eigenvalue weighted by molar-refractivity contribution is 4.83. The molecular formula is C16H33NO. The van der Waals surface area contributed by atoms with E-state index in [0.717, 1.165) is 37.5 Å². The molecule has 4 atom stereocenters. The molecule has 1 N–H and O–H groups in total. The van der Waals surface area contributed by atoms with Crippen LogP contribution in [0.2, 0.25) is 0 Å². The third kappa shape index (κ3) is 5.27. The highest BCUT2D eigenvalue weighted by atomic mass is 16.5. The zero-order chi connectivity index (χ0) is 13.4. The molecular weight excluding hydrogens is 222 g/mol. The van der Waals surface area contributed by atoms with Crippen LogP contribution in [0.4, 0.5) is 0 Å². The average molecular weight is 255 g/mol. The second-order valence-electron chi connectivity index (χ2n) is 6.03. The van der Waals surface area contributed by atoms with Crippen molar-refractivity contribution in [3.8, 4) is 0 Å². The molecule has 1 aliphatic rings. The molecule has 0 aromatic heterocycles. The molecule has 0 bridgehead atoms. The van der Waals surface area contributed by atoms with Crippen molar-refractivity contribution in [1.29, 1.82) is 0 Å². The van der Waals surface area contributed by atoms with Gasteiger partial charge in [0.2, 0.25) is 0 Å². The van der Waals surface area contributed by atoms with E-state index in [1.54, 1.807) is 0 Å². The highest BCUT2D eigenvalue weighted by Gasteiger charge is 2.29. The van der Waals surface area contributed by atoms with E-state index in [0.29, 0.717) is 6.04 Å². The number of ether oxygens (including phenoxy) is 1. The molecule has 2 heteroatoms. The van der Waals surface area contributed by atoms with Crippen LogP contribution < -0.4 is 5.32 Å². The fraction of sp³-hybridized carbons (Fsp3) is 1.00. The molecule has 0 spiro atoms. The van der Waals surface area contributed by atoms with Crippen LogP contribution in [-0.4, -0.2) is 25.8 Å². The smallest absolute Gasteiger partial charge is 0.0466 e. The molecule has 108 valence electrons. The monoisotopic (exact) mass is 255 g/mol. The van der Waals surface area contributed by atoms with E-state index in [-0.39, 0.29) is 0 Å². The van der Waals surface area contributed by atoms with Crippen molar-refractivity contribution in [2.75, 3.05) is 19.8 Å². The van der Waals surface area contributed by atoms with Crippen molar-refractivity contribution >= 4 is 0 Å². The topological polar surface area (TPSA) is 21.3 Å². The van der Waals surface area contributed by atoms with Gasteiger partial charge in [-0.1, -0.05) is 27.2 Å². The Kier molecular flexibility index (Phi) is 7.92. The minimum absolute atomic E-state index is 0.713. The summed E-state index contributed by atoms with van der Waals surface area (Å²) in [6, 6.07) is 0.713.